The lowest BCUT2D eigenvalue weighted by molar-refractivity contribution is 0.0839. The van der Waals surface area contributed by atoms with Crippen LogP contribution in [0.15, 0.2) is 17.0 Å². The second-order valence-electron chi connectivity index (χ2n) is 3.86. The minimum absolute atomic E-state index is 0.593. The number of anilines is 1. The highest BCUT2D eigenvalue weighted by Crippen LogP contribution is 2.29. The number of aliphatic hydroxyl groups is 1. The van der Waals surface area contributed by atoms with Crippen molar-refractivity contribution in [2.24, 2.45) is 0 Å². The smallest absolute Gasteiger partial charge is 0.146 e. The topological polar surface area (TPSA) is 49.2 Å². The summed E-state index contributed by atoms with van der Waals surface area (Å²) in [6.07, 6.45) is 4.02. The molecule has 0 amide bonds. The van der Waals surface area contributed by atoms with E-state index in [1.165, 1.54) is 6.33 Å². The summed E-state index contributed by atoms with van der Waals surface area (Å²) in [4.78, 5) is 10.1. The Morgan fingerprint density at radius 2 is 2.43 bits per heavy atom. The number of rotatable bonds is 1. The Balaban J connectivity index is 2.22. The monoisotopic (exact) mass is 257 g/mol. The molecule has 0 spiro atoms. The molecule has 1 aliphatic rings. The fourth-order valence-electron chi connectivity index (χ4n) is 1.66. The molecule has 1 N–H and O–H groups in total. The molecule has 76 valence electrons. The van der Waals surface area contributed by atoms with Crippen LogP contribution in [0.25, 0.3) is 0 Å². The summed E-state index contributed by atoms with van der Waals surface area (Å²) in [6, 6.07) is 0. The third-order valence-electron chi connectivity index (χ3n) is 2.40. The minimum Gasteiger partial charge on any atom is -0.388 e. The maximum Gasteiger partial charge on any atom is 0.146 e. The van der Waals surface area contributed by atoms with E-state index in [4.69, 9.17) is 0 Å². The number of halogens is 1. The van der Waals surface area contributed by atoms with Crippen molar-refractivity contribution in [2.45, 2.75) is 18.9 Å². The van der Waals surface area contributed by atoms with Gasteiger partial charge in [0.05, 0.1) is 10.1 Å². The Bertz CT molecular complexity index is 343. The van der Waals surface area contributed by atoms with E-state index in [1.54, 1.807) is 6.20 Å². The number of hydrogen-bond acceptors (Lipinski definition) is 4. The Labute approximate surface area is 91.1 Å². The summed E-state index contributed by atoms with van der Waals surface area (Å²) in [6.45, 7) is 3.31. The molecule has 2 rings (SSSR count). The number of β-amino-alcohol motifs (C(OH)–C–C–N with tert-alkyl or cyclic N) is 1. The molecular formula is C9H12BrN3O. The highest BCUT2D eigenvalue weighted by molar-refractivity contribution is 9.10. The van der Waals surface area contributed by atoms with Gasteiger partial charge in [0.1, 0.15) is 12.1 Å². The van der Waals surface area contributed by atoms with E-state index in [0.29, 0.717) is 6.54 Å². The van der Waals surface area contributed by atoms with Crippen LogP contribution in [0.5, 0.6) is 0 Å². The van der Waals surface area contributed by atoms with Crippen molar-refractivity contribution in [3.05, 3.63) is 17.0 Å². The van der Waals surface area contributed by atoms with Crippen molar-refractivity contribution in [3.63, 3.8) is 0 Å². The molecule has 0 aliphatic carbocycles. The zero-order valence-electron chi connectivity index (χ0n) is 7.94. The van der Waals surface area contributed by atoms with Crippen molar-refractivity contribution >= 4 is 21.7 Å². The first-order valence-electron chi connectivity index (χ1n) is 4.51. The van der Waals surface area contributed by atoms with Crippen LogP contribution in [-0.2, 0) is 0 Å². The van der Waals surface area contributed by atoms with Crippen LogP contribution < -0.4 is 4.90 Å². The van der Waals surface area contributed by atoms with E-state index in [-0.39, 0.29) is 0 Å². The van der Waals surface area contributed by atoms with Gasteiger partial charge in [0.15, 0.2) is 0 Å². The second kappa shape index (κ2) is 3.47. The Morgan fingerprint density at radius 3 is 3.00 bits per heavy atom. The van der Waals surface area contributed by atoms with E-state index in [1.807, 2.05) is 6.92 Å². The average molecular weight is 258 g/mol. The molecule has 0 radical (unpaired) electrons. The fraction of sp³-hybridized carbons (Fsp3) is 0.556. The average Bonchev–Trinajstić information content (AvgIpc) is 2.47. The summed E-state index contributed by atoms with van der Waals surface area (Å²) in [5, 5.41) is 9.82. The largest absolute Gasteiger partial charge is 0.388 e. The van der Waals surface area contributed by atoms with Crippen LogP contribution in [-0.4, -0.2) is 33.8 Å². The molecule has 0 aromatic carbocycles. The van der Waals surface area contributed by atoms with Crippen molar-refractivity contribution in [1.29, 1.82) is 0 Å². The third kappa shape index (κ3) is 1.88. The van der Waals surface area contributed by atoms with Gasteiger partial charge in [-0.3, -0.25) is 0 Å². The zero-order chi connectivity index (χ0) is 10.2. The van der Waals surface area contributed by atoms with E-state index in [0.717, 1.165) is 23.3 Å². The number of aromatic nitrogens is 2. The van der Waals surface area contributed by atoms with Crippen LogP contribution in [0.2, 0.25) is 0 Å². The van der Waals surface area contributed by atoms with Crippen LogP contribution in [0.3, 0.4) is 0 Å². The van der Waals surface area contributed by atoms with Gasteiger partial charge >= 0.3 is 0 Å². The lowest BCUT2D eigenvalue weighted by Gasteiger charge is -2.20. The van der Waals surface area contributed by atoms with Crippen LogP contribution in [0, 0.1) is 0 Å². The molecule has 1 fully saturated rings. The van der Waals surface area contributed by atoms with Gasteiger partial charge in [-0.25, -0.2) is 9.97 Å². The SMILES string of the molecule is CC1(O)CCN(c2ncncc2Br)C1. The maximum atomic E-state index is 9.82. The number of nitrogens with zero attached hydrogens (tertiary/aromatic N) is 3. The predicted octanol–water partition coefficient (Wildman–Crippen LogP) is 1.20. The normalized spacial score (nSPS) is 26.9. The van der Waals surface area contributed by atoms with Crippen molar-refractivity contribution in [3.8, 4) is 0 Å². The standard InChI is InChI=1S/C9H12BrN3O/c1-9(14)2-3-13(5-9)8-7(10)4-11-6-12-8/h4,6,14H,2-3,5H2,1H3. The van der Waals surface area contributed by atoms with Crippen molar-refractivity contribution in [1.82, 2.24) is 9.97 Å². The first-order valence-corrected chi connectivity index (χ1v) is 5.31. The molecule has 1 aromatic rings. The second-order valence-corrected chi connectivity index (χ2v) is 4.72. The van der Waals surface area contributed by atoms with Gasteiger partial charge in [-0.1, -0.05) is 0 Å². The van der Waals surface area contributed by atoms with Gasteiger partial charge in [0.25, 0.3) is 0 Å². The molecule has 0 bridgehead atoms. The van der Waals surface area contributed by atoms with Crippen LogP contribution in [0.1, 0.15) is 13.3 Å². The molecular weight excluding hydrogens is 246 g/mol. The maximum absolute atomic E-state index is 9.82. The van der Waals surface area contributed by atoms with Gasteiger partial charge in [0.2, 0.25) is 0 Å². The molecule has 1 aromatic heterocycles. The lowest BCUT2D eigenvalue weighted by Crippen LogP contribution is -2.30. The van der Waals surface area contributed by atoms with Gasteiger partial charge in [-0.15, -0.1) is 0 Å². The molecule has 0 saturated carbocycles. The first-order chi connectivity index (χ1) is 6.58. The molecule has 1 unspecified atom stereocenters. The minimum atomic E-state index is -0.593. The Morgan fingerprint density at radius 1 is 1.64 bits per heavy atom. The van der Waals surface area contributed by atoms with Crippen LogP contribution in [0.4, 0.5) is 5.82 Å². The van der Waals surface area contributed by atoms with E-state index in [9.17, 15) is 5.11 Å². The molecule has 1 atom stereocenters. The van der Waals surface area contributed by atoms with Crippen LogP contribution >= 0.6 is 15.9 Å². The highest BCUT2D eigenvalue weighted by atomic mass is 79.9. The predicted molar refractivity (Wildman–Crippen MR) is 57.2 cm³/mol. The molecule has 4 nitrogen and oxygen atoms in total. The van der Waals surface area contributed by atoms with Gasteiger partial charge in [-0.05, 0) is 29.3 Å². The van der Waals surface area contributed by atoms with E-state index < -0.39 is 5.60 Å². The summed E-state index contributed by atoms with van der Waals surface area (Å²) >= 11 is 3.40. The van der Waals surface area contributed by atoms with Gasteiger partial charge < -0.3 is 10.0 Å². The quantitative estimate of drug-likeness (QED) is 0.822. The van der Waals surface area contributed by atoms with Gasteiger partial charge in [0, 0.05) is 19.3 Å². The Kier molecular flexibility index (Phi) is 2.45. The summed E-state index contributed by atoms with van der Waals surface area (Å²) in [5.41, 5.74) is -0.593. The zero-order valence-corrected chi connectivity index (χ0v) is 9.53. The summed E-state index contributed by atoms with van der Waals surface area (Å²) in [7, 11) is 0. The lowest BCUT2D eigenvalue weighted by atomic mass is 10.1. The molecule has 1 aliphatic heterocycles. The third-order valence-corrected chi connectivity index (χ3v) is 2.96. The van der Waals surface area contributed by atoms with E-state index in [2.05, 4.69) is 30.8 Å². The van der Waals surface area contributed by atoms with Gasteiger partial charge in [-0.2, -0.15) is 0 Å². The number of hydrogen-bond donors (Lipinski definition) is 1. The molecule has 2 heterocycles. The summed E-state index contributed by atoms with van der Waals surface area (Å²) in [5.74, 6) is 0.859. The molecule has 14 heavy (non-hydrogen) atoms. The van der Waals surface area contributed by atoms with Crippen molar-refractivity contribution < 1.29 is 5.11 Å². The Hall–Kier alpha value is -0.680. The fourth-order valence-corrected chi connectivity index (χ4v) is 2.14. The highest BCUT2D eigenvalue weighted by Gasteiger charge is 2.32. The van der Waals surface area contributed by atoms with Crippen molar-refractivity contribution in [2.75, 3.05) is 18.0 Å². The molecule has 5 heteroatoms. The first kappa shape index (κ1) is 9.86. The molecule has 1 saturated heterocycles. The van der Waals surface area contributed by atoms with E-state index >= 15 is 0 Å². The summed E-state index contributed by atoms with van der Waals surface area (Å²) < 4.78 is 0.873.